The van der Waals surface area contributed by atoms with Crippen LogP contribution < -0.4 is 9.80 Å². The largest absolute Gasteiger partial charge is 0.481 e. The van der Waals surface area contributed by atoms with Crippen molar-refractivity contribution in [1.82, 2.24) is 4.90 Å². The third-order valence-electron chi connectivity index (χ3n) is 6.39. The number of likely N-dealkylation sites (N-methyl/N-ethyl adjacent to an activating group) is 1. The molecule has 31 heavy (non-hydrogen) atoms. The van der Waals surface area contributed by atoms with Crippen molar-refractivity contribution < 1.29 is 14.7 Å². The van der Waals surface area contributed by atoms with Gasteiger partial charge in [0.15, 0.2) is 0 Å². The van der Waals surface area contributed by atoms with Gasteiger partial charge in [0.05, 0.1) is 0 Å². The highest BCUT2D eigenvalue weighted by molar-refractivity contribution is 6.06. The second kappa shape index (κ2) is 9.71. The van der Waals surface area contributed by atoms with E-state index in [1.165, 1.54) is 11.1 Å². The number of carbonyl (C=O) groups is 2. The van der Waals surface area contributed by atoms with Gasteiger partial charge in [0.1, 0.15) is 0 Å². The number of carboxylic acids is 1. The molecule has 1 saturated heterocycles. The van der Waals surface area contributed by atoms with Gasteiger partial charge >= 0.3 is 12.0 Å². The molecule has 0 aromatic heterocycles. The number of carboxylic acid groups (broad SMARTS) is 1. The van der Waals surface area contributed by atoms with E-state index in [9.17, 15) is 9.59 Å². The minimum atomic E-state index is -0.800. The van der Waals surface area contributed by atoms with E-state index in [0.29, 0.717) is 25.6 Å². The van der Waals surface area contributed by atoms with Crippen LogP contribution in [0.1, 0.15) is 30.0 Å². The lowest BCUT2D eigenvalue weighted by atomic mass is 10.00. The lowest BCUT2D eigenvalue weighted by Crippen LogP contribution is -2.32. The summed E-state index contributed by atoms with van der Waals surface area (Å²) in [5.74, 6) is -0.800. The van der Waals surface area contributed by atoms with Crippen LogP contribution in [0.5, 0.6) is 0 Å². The lowest BCUT2D eigenvalue weighted by molar-refractivity contribution is -0.136. The monoisotopic (exact) mass is 443 g/mol. The second-order valence-electron chi connectivity index (χ2n) is 8.38. The van der Waals surface area contributed by atoms with Crippen LogP contribution in [0.2, 0.25) is 0 Å². The van der Waals surface area contributed by atoms with Gasteiger partial charge in [-0.25, -0.2) is 4.79 Å². The summed E-state index contributed by atoms with van der Waals surface area (Å²) in [6.07, 6.45) is 2.66. The molecule has 6 nitrogen and oxygen atoms in total. The molecule has 2 amide bonds. The molecular weight excluding hydrogens is 414 g/mol. The summed E-state index contributed by atoms with van der Waals surface area (Å²) in [5.41, 5.74) is 5.52. The fourth-order valence-corrected chi connectivity index (χ4v) is 4.32. The Morgan fingerprint density at radius 2 is 1.65 bits per heavy atom. The van der Waals surface area contributed by atoms with E-state index in [1.807, 2.05) is 29.2 Å². The van der Waals surface area contributed by atoms with E-state index >= 15 is 0 Å². The Hall–Kier alpha value is -2.57. The summed E-state index contributed by atoms with van der Waals surface area (Å²) >= 11 is 0. The third-order valence-corrected chi connectivity index (χ3v) is 6.39. The van der Waals surface area contributed by atoms with E-state index in [0.717, 1.165) is 36.3 Å². The Balaban J connectivity index is 0.00000272. The molecule has 166 valence electrons. The molecule has 0 bridgehead atoms. The number of aryl methyl sites for hydroxylation is 1. The topological polar surface area (TPSA) is 64.1 Å². The molecular formula is C24H30ClN3O3. The van der Waals surface area contributed by atoms with Crippen molar-refractivity contribution in [1.29, 1.82) is 0 Å². The summed E-state index contributed by atoms with van der Waals surface area (Å²) in [7, 11) is 2.17. The van der Waals surface area contributed by atoms with Gasteiger partial charge in [0.2, 0.25) is 0 Å². The maximum Gasteiger partial charge on any atom is 0.329 e. The maximum absolute atomic E-state index is 13.1. The van der Waals surface area contributed by atoms with Crippen LogP contribution in [0.3, 0.4) is 0 Å². The smallest absolute Gasteiger partial charge is 0.329 e. The summed E-state index contributed by atoms with van der Waals surface area (Å²) < 4.78 is 0. The average Bonchev–Trinajstić information content (AvgIpc) is 3.05. The van der Waals surface area contributed by atoms with E-state index in [4.69, 9.17) is 5.11 Å². The van der Waals surface area contributed by atoms with Crippen LogP contribution in [0.25, 0.3) is 0 Å². The molecule has 1 fully saturated rings. The zero-order valence-electron chi connectivity index (χ0n) is 18.1. The summed E-state index contributed by atoms with van der Waals surface area (Å²) in [6, 6.07) is 14.6. The van der Waals surface area contributed by atoms with Gasteiger partial charge in [-0.15, -0.1) is 12.4 Å². The van der Waals surface area contributed by atoms with E-state index in [1.54, 1.807) is 4.90 Å². The number of hydrogen-bond acceptors (Lipinski definition) is 3. The van der Waals surface area contributed by atoms with Gasteiger partial charge in [-0.05, 0) is 74.2 Å². The lowest BCUT2D eigenvalue weighted by Gasteiger charge is -2.22. The summed E-state index contributed by atoms with van der Waals surface area (Å²) in [4.78, 5) is 29.9. The normalized spacial score (nSPS) is 19.0. The molecule has 0 saturated carbocycles. The van der Waals surface area contributed by atoms with E-state index < -0.39 is 5.97 Å². The van der Waals surface area contributed by atoms with Crippen LogP contribution in [0.15, 0.2) is 42.5 Å². The first-order valence-electron chi connectivity index (χ1n) is 10.6. The molecule has 2 heterocycles. The zero-order chi connectivity index (χ0) is 21.3. The SMILES string of the molecule is CC1Cc2cc(N3CCN(c4ccc(CCC(=O)O)cc4)C3=O)ccc2CCN1C.Cl. The summed E-state index contributed by atoms with van der Waals surface area (Å²) in [6.45, 7) is 4.62. The molecule has 2 aliphatic rings. The minimum absolute atomic E-state index is 0. The molecule has 0 radical (unpaired) electrons. The molecule has 1 atom stereocenters. The quantitative estimate of drug-likeness (QED) is 0.758. The van der Waals surface area contributed by atoms with Gasteiger partial charge in [-0.3, -0.25) is 14.6 Å². The highest BCUT2D eigenvalue weighted by atomic mass is 35.5. The average molecular weight is 444 g/mol. The van der Waals surface area contributed by atoms with Crippen LogP contribution in [0.4, 0.5) is 16.2 Å². The molecule has 2 aliphatic heterocycles. The molecule has 4 rings (SSSR count). The number of benzene rings is 2. The highest BCUT2D eigenvalue weighted by Crippen LogP contribution is 2.29. The Morgan fingerprint density at radius 1 is 1.00 bits per heavy atom. The van der Waals surface area contributed by atoms with Crippen molar-refractivity contribution in [3.8, 4) is 0 Å². The Labute approximate surface area is 189 Å². The van der Waals surface area contributed by atoms with Crippen LogP contribution in [-0.2, 0) is 24.1 Å². The number of hydrogen-bond donors (Lipinski definition) is 1. The van der Waals surface area contributed by atoms with Crippen LogP contribution >= 0.6 is 12.4 Å². The first kappa shape index (κ1) is 23.1. The maximum atomic E-state index is 13.1. The number of rotatable bonds is 5. The van der Waals surface area contributed by atoms with Gasteiger partial charge in [-0.2, -0.15) is 0 Å². The Kier molecular flexibility index (Phi) is 7.23. The number of amides is 2. The predicted octanol–water partition coefficient (Wildman–Crippen LogP) is 3.99. The van der Waals surface area contributed by atoms with Crippen molar-refractivity contribution in [3.63, 3.8) is 0 Å². The van der Waals surface area contributed by atoms with Crippen molar-refractivity contribution in [2.45, 2.75) is 38.6 Å². The summed E-state index contributed by atoms with van der Waals surface area (Å²) in [5, 5.41) is 8.83. The highest BCUT2D eigenvalue weighted by Gasteiger charge is 2.31. The van der Waals surface area contributed by atoms with Crippen LogP contribution in [-0.4, -0.2) is 54.7 Å². The predicted molar refractivity (Wildman–Crippen MR) is 126 cm³/mol. The van der Waals surface area contributed by atoms with Crippen LogP contribution in [0, 0.1) is 0 Å². The molecule has 2 aromatic carbocycles. The first-order chi connectivity index (χ1) is 14.4. The molecule has 2 aromatic rings. The van der Waals surface area contributed by atoms with Gasteiger partial charge in [-0.1, -0.05) is 18.2 Å². The first-order valence-corrected chi connectivity index (χ1v) is 10.6. The van der Waals surface area contributed by atoms with Gasteiger partial charge in [0.25, 0.3) is 0 Å². The molecule has 1 unspecified atom stereocenters. The van der Waals surface area contributed by atoms with Crippen molar-refractivity contribution >= 4 is 35.8 Å². The molecule has 1 N–H and O–H groups in total. The van der Waals surface area contributed by atoms with Gasteiger partial charge < -0.3 is 10.0 Å². The Morgan fingerprint density at radius 3 is 2.32 bits per heavy atom. The van der Waals surface area contributed by atoms with Crippen molar-refractivity contribution in [2.75, 3.05) is 36.5 Å². The van der Waals surface area contributed by atoms with E-state index in [2.05, 4.69) is 37.1 Å². The number of urea groups is 1. The fourth-order valence-electron chi connectivity index (χ4n) is 4.32. The molecule has 0 spiro atoms. The third kappa shape index (κ3) is 5.02. The zero-order valence-corrected chi connectivity index (χ0v) is 18.9. The number of aliphatic carboxylic acids is 1. The molecule has 7 heteroatoms. The minimum Gasteiger partial charge on any atom is -0.481 e. The van der Waals surface area contributed by atoms with Gasteiger partial charge in [0, 0.05) is 43.5 Å². The van der Waals surface area contributed by atoms with Crippen molar-refractivity contribution in [3.05, 3.63) is 59.2 Å². The fraction of sp³-hybridized carbons (Fsp3) is 0.417. The standard InChI is InChI=1S/C24H29N3O3.ClH/c1-17-15-20-16-22(9-6-19(20)11-12-25(17)2)27-14-13-26(24(27)30)21-7-3-18(4-8-21)5-10-23(28)29;/h3-4,6-9,16-17H,5,10-15H2,1-2H3,(H,28,29);1H. The number of fused-ring (bicyclic) bond motifs is 1. The number of halogens is 1. The van der Waals surface area contributed by atoms with Crippen molar-refractivity contribution in [2.24, 2.45) is 0 Å². The number of carbonyl (C=O) groups excluding carboxylic acids is 1. The Bertz CT molecular complexity index is 948. The number of anilines is 2. The molecule has 0 aliphatic carbocycles. The second-order valence-corrected chi connectivity index (χ2v) is 8.38. The number of nitrogens with zero attached hydrogens (tertiary/aromatic N) is 3. The van der Waals surface area contributed by atoms with E-state index in [-0.39, 0.29) is 24.9 Å².